The van der Waals surface area contributed by atoms with Gasteiger partial charge in [0.05, 0.1) is 0 Å². The number of rotatable bonds is 4. The molecule has 3 rings (SSSR count). The van der Waals surface area contributed by atoms with E-state index in [9.17, 15) is 4.79 Å². The van der Waals surface area contributed by atoms with Crippen molar-refractivity contribution in [3.8, 4) is 0 Å². The summed E-state index contributed by atoms with van der Waals surface area (Å²) in [6.45, 7) is 4.14. The molecule has 0 unspecified atom stereocenters. The SMILES string of the molecule is CN1C(=O)C(C)(C)C[C@H]1CP(c1ccccc1)c1ccccc1. The molecule has 0 N–H and O–H groups in total. The molecule has 0 saturated carbocycles. The van der Waals surface area contributed by atoms with Gasteiger partial charge in [-0.15, -0.1) is 0 Å². The van der Waals surface area contributed by atoms with Crippen LogP contribution in [0.2, 0.25) is 0 Å². The Morgan fingerprint density at radius 3 is 1.87 bits per heavy atom. The molecule has 120 valence electrons. The monoisotopic (exact) mass is 325 g/mol. The summed E-state index contributed by atoms with van der Waals surface area (Å²) in [4.78, 5) is 14.4. The van der Waals surface area contributed by atoms with Gasteiger partial charge < -0.3 is 4.90 Å². The Labute approximate surface area is 140 Å². The van der Waals surface area contributed by atoms with Crippen molar-refractivity contribution in [2.75, 3.05) is 13.2 Å². The summed E-state index contributed by atoms with van der Waals surface area (Å²) in [6.07, 6.45) is 1.98. The second kappa shape index (κ2) is 6.45. The molecule has 1 fully saturated rings. The van der Waals surface area contributed by atoms with Gasteiger partial charge in [0.2, 0.25) is 5.91 Å². The second-order valence-electron chi connectivity index (χ2n) is 6.94. The van der Waals surface area contributed by atoms with Crippen LogP contribution in [0.3, 0.4) is 0 Å². The standard InChI is InChI=1S/C20H24NOP/c1-20(2)14-16(21(3)19(20)22)15-23(17-10-6-4-7-11-17)18-12-8-5-9-13-18/h4-13,16H,14-15H2,1-3H3/t16-/m0/s1. The molecular weight excluding hydrogens is 301 g/mol. The third-order valence-electron chi connectivity index (χ3n) is 4.72. The van der Waals surface area contributed by atoms with E-state index >= 15 is 0 Å². The number of hydrogen-bond donors (Lipinski definition) is 0. The Morgan fingerprint density at radius 2 is 1.48 bits per heavy atom. The largest absolute Gasteiger partial charge is 0.342 e. The smallest absolute Gasteiger partial charge is 0.228 e. The minimum absolute atomic E-state index is 0.228. The normalized spacial score (nSPS) is 20.3. The Balaban J connectivity index is 1.90. The average Bonchev–Trinajstić information content (AvgIpc) is 2.77. The summed E-state index contributed by atoms with van der Waals surface area (Å²) >= 11 is 0. The third-order valence-corrected chi connectivity index (χ3v) is 7.35. The summed E-state index contributed by atoms with van der Waals surface area (Å²) in [5.74, 6) is 0.276. The zero-order chi connectivity index (χ0) is 16.4. The van der Waals surface area contributed by atoms with E-state index in [1.807, 2.05) is 11.9 Å². The molecule has 1 aliphatic rings. The van der Waals surface area contributed by atoms with Gasteiger partial charge in [-0.1, -0.05) is 74.5 Å². The van der Waals surface area contributed by atoms with E-state index in [1.54, 1.807) is 0 Å². The molecular formula is C20H24NOP. The number of likely N-dealkylation sites (tertiary alicyclic amines) is 1. The highest BCUT2D eigenvalue weighted by Gasteiger charge is 2.43. The van der Waals surface area contributed by atoms with Crippen molar-refractivity contribution < 1.29 is 4.79 Å². The number of hydrogen-bond acceptors (Lipinski definition) is 1. The van der Waals surface area contributed by atoms with E-state index in [4.69, 9.17) is 0 Å². The Kier molecular flexibility index (Phi) is 4.55. The highest BCUT2D eigenvalue weighted by Crippen LogP contribution is 2.42. The highest BCUT2D eigenvalue weighted by molar-refractivity contribution is 7.73. The Hall–Kier alpha value is -1.66. The lowest BCUT2D eigenvalue weighted by Crippen LogP contribution is -2.34. The number of carbonyl (C=O) groups excluding carboxylic acids is 1. The van der Waals surface area contributed by atoms with Crippen LogP contribution in [0.1, 0.15) is 20.3 Å². The zero-order valence-electron chi connectivity index (χ0n) is 14.1. The lowest BCUT2D eigenvalue weighted by molar-refractivity contribution is -0.134. The van der Waals surface area contributed by atoms with Gasteiger partial charge in [0.1, 0.15) is 0 Å². The fourth-order valence-electron chi connectivity index (χ4n) is 3.43. The first-order valence-corrected chi connectivity index (χ1v) is 9.66. The number of amides is 1. The minimum Gasteiger partial charge on any atom is -0.342 e. The summed E-state index contributed by atoms with van der Waals surface area (Å²) in [5, 5.41) is 2.78. The maximum atomic E-state index is 12.4. The fraction of sp³-hybridized carbons (Fsp3) is 0.350. The van der Waals surface area contributed by atoms with E-state index in [2.05, 4.69) is 74.5 Å². The predicted octanol–water partition coefficient (Wildman–Crippen LogP) is 3.38. The van der Waals surface area contributed by atoms with Gasteiger partial charge >= 0.3 is 0 Å². The van der Waals surface area contributed by atoms with Crippen LogP contribution in [-0.2, 0) is 4.79 Å². The molecule has 0 aliphatic carbocycles. The first-order chi connectivity index (χ1) is 11.0. The van der Waals surface area contributed by atoms with E-state index in [-0.39, 0.29) is 11.3 Å². The van der Waals surface area contributed by atoms with Crippen molar-refractivity contribution >= 4 is 24.4 Å². The van der Waals surface area contributed by atoms with Crippen molar-refractivity contribution in [3.63, 3.8) is 0 Å². The molecule has 0 bridgehead atoms. The molecule has 3 heteroatoms. The van der Waals surface area contributed by atoms with Crippen LogP contribution in [0.25, 0.3) is 0 Å². The van der Waals surface area contributed by atoms with E-state index < -0.39 is 7.92 Å². The van der Waals surface area contributed by atoms with E-state index in [0.717, 1.165) is 12.6 Å². The van der Waals surface area contributed by atoms with Gasteiger partial charge in [0.25, 0.3) is 0 Å². The number of nitrogens with zero attached hydrogens (tertiary/aromatic N) is 1. The predicted molar refractivity (Wildman–Crippen MR) is 98.9 cm³/mol. The average molecular weight is 325 g/mol. The minimum atomic E-state index is -0.443. The molecule has 1 atom stereocenters. The number of benzene rings is 2. The molecule has 0 aromatic heterocycles. The van der Waals surface area contributed by atoms with Crippen molar-refractivity contribution in [2.45, 2.75) is 26.3 Å². The van der Waals surface area contributed by atoms with Crippen LogP contribution >= 0.6 is 7.92 Å². The maximum absolute atomic E-state index is 12.4. The third kappa shape index (κ3) is 3.33. The lowest BCUT2D eigenvalue weighted by atomic mass is 9.90. The Morgan fingerprint density at radius 1 is 1.00 bits per heavy atom. The van der Waals surface area contributed by atoms with Gasteiger partial charge in [-0.25, -0.2) is 0 Å². The van der Waals surface area contributed by atoms with Gasteiger partial charge in [-0.3, -0.25) is 4.79 Å². The fourth-order valence-corrected chi connectivity index (χ4v) is 6.01. The summed E-state index contributed by atoms with van der Waals surface area (Å²) in [5.41, 5.74) is -0.228. The summed E-state index contributed by atoms with van der Waals surface area (Å²) in [6, 6.07) is 21.8. The highest BCUT2D eigenvalue weighted by atomic mass is 31.1. The summed E-state index contributed by atoms with van der Waals surface area (Å²) < 4.78 is 0. The zero-order valence-corrected chi connectivity index (χ0v) is 15.0. The van der Waals surface area contributed by atoms with Crippen LogP contribution in [0.5, 0.6) is 0 Å². The van der Waals surface area contributed by atoms with Crippen LogP contribution in [0, 0.1) is 5.41 Å². The molecule has 1 amide bonds. The van der Waals surface area contributed by atoms with Crippen molar-refractivity contribution in [2.24, 2.45) is 5.41 Å². The van der Waals surface area contributed by atoms with Crippen LogP contribution in [-0.4, -0.2) is 30.1 Å². The molecule has 2 aromatic rings. The van der Waals surface area contributed by atoms with Crippen LogP contribution < -0.4 is 10.6 Å². The molecule has 0 radical (unpaired) electrons. The molecule has 2 aromatic carbocycles. The summed E-state index contributed by atoms with van der Waals surface area (Å²) in [7, 11) is 1.52. The van der Waals surface area contributed by atoms with E-state index in [1.165, 1.54) is 10.6 Å². The van der Waals surface area contributed by atoms with Crippen LogP contribution in [0.15, 0.2) is 60.7 Å². The van der Waals surface area contributed by atoms with Crippen LogP contribution in [0.4, 0.5) is 0 Å². The van der Waals surface area contributed by atoms with Gasteiger partial charge in [0, 0.05) is 18.5 Å². The lowest BCUT2D eigenvalue weighted by Gasteiger charge is -2.26. The molecule has 0 spiro atoms. The van der Waals surface area contributed by atoms with Crippen molar-refractivity contribution in [3.05, 3.63) is 60.7 Å². The number of carbonyl (C=O) groups is 1. The van der Waals surface area contributed by atoms with E-state index in [0.29, 0.717) is 6.04 Å². The van der Waals surface area contributed by atoms with Crippen molar-refractivity contribution in [1.29, 1.82) is 0 Å². The molecule has 1 heterocycles. The molecule has 1 saturated heterocycles. The van der Waals surface area contributed by atoms with Gasteiger partial charge in [-0.2, -0.15) is 0 Å². The maximum Gasteiger partial charge on any atom is 0.228 e. The molecule has 23 heavy (non-hydrogen) atoms. The van der Waals surface area contributed by atoms with Crippen molar-refractivity contribution in [1.82, 2.24) is 4.90 Å². The van der Waals surface area contributed by atoms with Gasteiger partial charge in [-0.05, 0) is 31.1 Å². The topological polar surface area (TPSA) is 20.3 Å². The Bertz CT molecular complexity index is 629. The quantitative estimate of drug-likeness (QED) is 0.789. The molecule has 1 aliphatic heterocycles. The first-order valence-electron chi connectivity index (χ1n) is 8.14. The van der Waals surface area contributed by atoms with Gasteiger partial charge in [0.15, 0.2) is 0 Å². The first kappa shape index (κ1) is 16.2. The molecule has 2 nitrogen and oxygen atoms in total. The second-order valence-corrected chi connectivity index (χ2v) is 9.19.